The van der Waals surface area contributed by atoms with E-state index in [0.717, 1.165) is 32.1 Å². The summed E-state index contributed by atoms with van der Waals surface area (Å²) in [6, 6.07) is 0. The molecule has 0 bridgehead atoms. The van der Waals surface area contributed by atoms with Crippen LogP contribution in [0.25, 0.3) is 0 Å². The van der Waals surface area contributed by atoms with Crippen LogP contribution < -0.4 is 0 Å². The fourth-order valence-corrected chi connectivity index (χ4v) is 4.89. The largest absolute Gasteiger partial charge is 0.481 e. The van der Waals surface area contributed by atoms with Crippen LogP contribution in [-0.2, 0) is 14.3 Å². The normalized spacial score (nSPS) is 12.3. The Morgan fingerprint density at radius 3 is 1.41 bits per heavy atom. The molecule has 0 rings (SSSR count). The Labute approximate surface area is 230 Å². The van der Waals surface area contributed by atoms with E-state index in [4.69, 9.17) is 9.84 Å². The number of hydrogen-bond donors (Lipinski definition) is 1. The maximum Gasteiger partial charge on any atom is 0.309 e. The van der Waals surface area contributed by atoms with Gasteiger partial charge in [-0.25, -0.2) is 0 Å². The summed E-state index contributed by atoms with van der Waals surface area (Å²) >= 11 is 0. The topological polar surface area (TPSA) is 63.6 Å². The van der Waals surface area contributed by atoms with Crippen LogP contribution in [0.15, 0.2) is 12.2 Å². The van der Waals surface area contributed by atoms with Crippen molar-refractivity contribution >= 4 is 11.9 Å². The summed E-state index contributed by atoms with van der Waals surface area (Å²) in [4.78, 5) is 23.0. The van der Waals surface area contributed by atoms with Gasteiger partial charge in [0.1, 0.15) is 0 Å². The molecule has 1 unspecified atom stereocenters. The number of hydrogen-bond acceptors (Lipinski definition) is 3. The highest BCUT2D eigenvalue weighted by Crippen LogP contribution is 2.17. The molecular formula is C33H62O4. The predicted molar refractivity (Wildman–Crippen MR) is 158 cm³/mol. The van der Waals surface area contributed by atoms with Gasteiger partial charge in [-0.3, -0.25) is 9.59 Å². The third-order valence-electron chi connectivity index (χ3n) is 7.27. The quantitative estimate of drug-likeness (QED) is 0.0602. The van der Waals surface area contributed by atoms with E-state index in [0.29, 0.717) is 13.0 Å². The first-order valence-corrected chi connectivity index (χ1v) is 16.1. The Bertz CT molecular complexity index is 528. The van der Waals surface area contributed by atoms with Crippen LogP contribution in [0.3, 0.4) is 0 Å². The zero-order chi connectivity index (χ0) is 27.2. The number of esters is 1. The van der Waals surface area contributed by atoms with Gasteiger partial charge >= 0.3 is 11.9 Å². The van der Waals surface area contributed by atoms with Crippen molar-refractivity contribution in [2.24, 2.45) is 5.92 Å². The maximum absolute atomic E-state index is 12.0. The second kappa shape index (κ2) is 29.2. The molecule has 0 aromatic heterocycles. The molecule has 4 heteroatoms. The van der Waals surface area contributed by atoms with E-state index < -0.39 is 11.9 Å². The molecule has 37 heavy (non-hydrogen) atoms. The number of allylic oxidation sites excluding steroid dienone is 2. The highest BCUT2D eigenvalue weighted by molar-refractivity contribution is 5.79. The lowest BCUT2D eigenvalue weighted by molar-refractivity contribution is -0.153. The molecule has 1 atom stereocenters. The van der Waals surface area contributed by atoms with Gasteiger partial charge in [0.15, 0.2) is 0 Å². The van der Waals surface area contributed by atoms with Crippen molar-refractivity contribution in [2.45, 2.75) is 174 Å². The van der Waals surface area contributed by atoms with E-state index in [2.05, 4.69) is 19.1 Å². The molecule has 0 heterocycles. The zero-order valence-electron chi connectivity index (χ0n) is 24.8. The lowest BCUT2D eigenvalue weighted by atomic mass is 9.98. The van der Waals surface area contributed by atoms with Gasteiger partial charge < -0.3 is 9.84 Å². The van der Waals surface area contributed by atoms with Crippen LogP contribution in [0, 0.1) is 5.92 Å². The van der Waals surface area contributed by atoms with Gasteiger partial charge in [0, 0.05) is 0 Å². The molecule has 0 spiro atoms. The number of ether oxygens (including phenoxy) is 1. The highest BCUT2D eigenvalue weighted by Gasteiger charge is 2.22. The summed E-state index contributed by atoms with van der Waals surface area (Å²) in [5.41, 5.74) is 0. The van der Waals surface area contributed by atoms with Crippen LogP contribution in [0.2, 0.25) is 0 Å². The minimum absolute atomic E-state index is 0.127. The van der Waals surface area contributed by atoms with Crippen molar-refractivity contribution in [3.63, 3.8) is 0 Å². The SMILES string of the molecule is CCCCCCCCCCCCCCCCCCCC/C=C/CCCCC(CC(=O)O)C(=O)OCCC. The molecule has 0 aromatic carbocycles. The molecule has 0 saturated carbocycles. The van der Waals surface area contributed by atoms with Crippen molar-refractivity contribution < 1.29 is 19.4 Å². The molecule has 4 nitrogen and oxygen atoms in total. The lowest BCUT2D eigenvalue weighted by Gasteiger charge is -2.13. The number of carbonyl (C=O) groups is 2. The Hall–Kier alpha value is -1.32. The molecule has 0 aliphatic heterocycles. The lowest BCUT2D eigenvalue weighted by Crippen LogP contribution is -2.21. The van der Waals surface area contributed by atoms with Crippen molar-refractivity contribution in [1.82, 2.24) is 0 Å². The van der Waals surface area contributed by atoms with Crippen LogP contribution in [0.5, 0.6) is 0 Å². The first-order chi connectivity index (χ1) is 18.1. The Balaban J connectivity index is 3.40. The van der Waals surface area contributed by atoms with Crippen molar-refractivity contribution in [2.75, 3.05) is 6.61 Å². The van der Waals surface area contributed by atoms with Gasteiger partial charge in [-0.2, -0.15) is 0 Å². The summed E-state index contributed by atoms with van der Waals surface area (Å²) in [7, 11) is 0. The molecule has 0 aliphatic carbocycles. The number of rotatable bonds is 29. The Morgan fingerprint density at radius 1 is 0.595 bits per heavy atom. The smallest absolute Gasteiger partial charge is 0.309 e. The van der Waals surface area contributed by atoms with Crippen LogP contribution >= 0.6 is 0 Å². The van der Waals surface area contributed by atoms with Gasteiger partial charge in [-0.1, -0.05) is 142 Å². The van der Waals surface area contributed by atoms with Crippen LogP contribution in [-0.4, -0.2) is 23.7 Å². The minimum atomic E-state index is -0.928. The van der Waals surface area contributed by atoms with E-state index in [1.807, 2.05) is 6.92 Å². The molecule has 0 aromatic rings. The summed E-state index contributed by atoms with van der Waals surface area (Å²) in [5, 5.41) is 9.03. The van der Waals surface area contributed by atoms with E-state index in [-0.39, 0.29) is 12.4 Å². The molecule has 0 amide bonds. The second-order valence-electron chi connectivity index (χ2n) is 11.0. The number of carboxylic acid groups (broad SMARTS) is 1. The summed E-state index contributed by atoms with van der Waals surface area (Å²) < 4.78 is 5.14. The highest BCUT2D eigenvalue weighted by atomic mass is 16.5. The van der Waals surface area contributed by atoms with Crippen LogP contribution in [0.4, 0.5) is 0 Å². The first kappa shape index (κ1) is 35.7. The third kappa shape index (κ3) is 27.5. The van der Waals surface area contributed by atoms with Gasteiger partial charge in [0.25, 0.3) is 0 Å². The van der Waals surface area contributed by atoms with Gasteiger partial charge in [-0.15, -0.1) is 0 Å². The summed E-state index contributed by atoms with van der Waals surface area (Å²) in [6.45, 7) is 4.60. The van der Waals surface area contributed by atoms with Crippen molar-refractivity contribution in [3.8, 4) is 0 Å². The van der Waals surface area contributed by atoms with Crippen LogP contribution in [0.1, 0.15) is 174 Å². The predicted octanol–water partition coefficient (Wildman–Crippen LogP) is 10.6. The first-order valence-electron chi connectivity index (χ1n) is 16.1. The third-order valence-corrected chi connectivity index (χ3v) is 7.27. The molecular weight excluding hydrogens is 460 g/mol. The molecule has 0 saturated heterocycles. The number of unbranched alkanes of at least 4 members (excludes halogenated alkanes) is 20. The fourth-order valence-electron chi connectivity index (χ4n) is 4.89. The molecule has 1 N–H and O–H groups in total. The summed E-state index contributed by atoms with van der Waals surface area (Å²) in [5.74, 6) is -1.79. The summed E-state index contributed by atoms with van der Waals surface area (Å²) in [6.07, 6.45) is 35.2. The molecule has 218 valence electrons. The van der Waals surface area contributed by atoms with Gasteiger partial charge in [0.05, 0.1) is 18.9 Å². The number of aliphatic carboxylic acids is 1. The monoisotopic (exact) mass is 522 g/mol. The maximum atomic E-state index is 12.0. The van der Waals surface area contributed by atoms with E-state index in [9.17, 15) is 9.59 Å². The zero-order valence-corrected chi connectivity index (χ0v) is 24.8. The van der Waals surface area contributed by atoms with E-state index in [1.165, 1.54) is 116 Å². The average molecular weight is 523 g/mol. The van der Waals surface area contributed by atoms with Gasteiger partial charge in [0.2, 0.25) is 0 Å². The second-order valence-corrected chi connectivity index (χ2v) is 11.0. The standard InChI is InChI=1S/C33H62O4/c1-3-5-6-7-8-9-10-11-12-13-14-15-16-17-18-19-20-21-22-23-24-25-26-27-28-31(30-32(34)35)33(36)37-29-4-2/h23-24,31H,3-22,25-30H2,1-2H3,(H,34,35)/b24-23+. The average Bonchev–Trinajstić information content (AvgIpc) is 2.88. The van der Waals surface area contributed by atoms with Gasteiger partial charge in [-0.05, 0) is 38.5 Å². The molecule has 0 radical (unpaired) electrons. The fraction of sp³-hybridized carbons (Fsp3) is 0.879. The molecule has 0 aliphatic rings. The minimum Gasteiger partial charge on any atom is -0.481 e. The van der Waals surface area contributed by atoms with E-state index >= 15 is 0 Å². The number of carboxylic acids is 1. The Kier molecular flexibility index (Phi) is 28.2. The number of carbonyl (C=O) groups excluding carboxylic acids is 1. The van der Waals surface area contributed by atoms with Crippen molar-refractivity contribution in [1.29, 1.82) is 0 Å². The Morgan fingerprint density at radius 2 is 1.00 bits per heavy atom. The van der Waals surface area contributed by atoms with E-state index in [1.54, 1.807) is 0 Å². The molecule has 0 fully saturated rings. The van der Waals surface area contributed by atoms with Crippen molar-refractivity contribution in [3.05, 3.63) is 12.2 Å².